The number of halogens is 1. The molecule has 1 atom stereocenters. The molecular weight excluding hydrogens is 345 g/mol. The summed E-state index contributed by atoms with van der Waals surface area (Å²) in [6.07, 6.45) is 4.81. The smallest absolute Gasteiger partial charge is 0.271 e. The second-order valence-corrected chi connectivity index (χ2v) is 6.59. The number of carbonyl (C=O) groups excluding carboxylic acids is 1. The highest BCUT2D eigenvalue weighted by Gasteiger charge is 2.26. The van der Waals surface area contributed by atoms with Crippen LogP contribution in [0.15, 0.2) is 48.8 Å². The van der Waals surface area contributed by atoms with Gasteiger partial charge in [0.15, 0.2) is 0 Å². The molecule has 6 nitrogen and oxygen atoms in total. The van der Waals surface area contributed by atoms with Gasteiger partial charge in [0.2, 0.25) is 0 Å². The van der Waals surface area contributed by atoms with Gasteiger partial charge in [0, 0.05) is 43.5 Å². The number of benzene rings is 1. The van der Waals surface area contributed by atoms with Crippen LogP contribution in [0.4, 0.5) is 10.1 Å². The molecule has 0 fully saturated rings. The lowest BCUT2D eigenvalue weighted by atomic mass is 9.94. The van der Waals surface area contributed by atoms with Crippen molar-refractivity contribution in [3.63, 3.8) is 0 Å². The van der Waals surface area contributed by atoms with Gasteiger partial charge in [-0.1, -0.05) is 12.1 Å². The van der Waals surface area contributed by atoms with Crippen LogP contribution in [0.1, 0.15) is 33.5 Å². The summed E-state index contributed by atoms with van der Waals surface area (Å²) in [4.78, 5) is 24.2. The summed E-state index contributed by atoms with van der Waals surface area (Å²) >= 11 is 0. The van der Waals surface area contributed by atoms with Crippen molar-refractivity contribution >= 4 is 11.6 Å². The van der Waals surface area contributed by atoms with Crippen LogP contribution < -0.4 is 10.6 Å². The van der Waals surface area contributed by atoms with Gasteiger partial charge in [-0.3, -0.25) is 9.78 Å². The second-order valence-electron chi connectivity index (χ2n) is 6.59. The van der Waals surface area contributed by atoms with Gasteiger partial charge in [-0.25, -0.2) is 9.37 Å². The van der Waals surface area contributed by atoms with Crippen molar-refractivity contribution in [3.8, 4) is 0 Å². The normalized spacial score (nSPS) is 16.3. The number of anilines is 1. The molecule has 0 saturated heterocycles. The maximum absolute atomic E-state index is 13.2. The first-order valence-corrected chi connectivity index (χ1v) is 8.94. The Hall–Kier alpha value is -3.22. The van der Waals surface area contributed by atoms with E-state index in [0.717, 1.165) is 22.8 Å². The van der Waals surface area contributed by atoms with Gasteiger partial charge in [0.25, 0.3) is 5.91 Å². The van der Waals surface area contributed by atoms with Crippen LogP contribution >= 0.6 is 0 Å². The Morgan fingerprint density at radius 3 is 2.85 bits per heavy atom. The zero-order chi connectivity index (χ0) is 18.6. The largest absolute Gasteiger partial charge is 0.383 e. The molecule has 0 aliphatic carbocycles. The Kier molecular flexibility index (Phi) is 4.82. The summed E-state index contributed by atoms with van der Waals surface area (Å²) in [5.41, 5.74) is 3.23. The Labute approximate surface area is 156 Å². The molecule has 138 valence electrons. The van der Waals surface area contributed by atoms with Crippen molar-refractivity contribution in [2.75, 3.05) is 18.4 Å². The molecule has 4 rings (SSSR count). The third-order valence-corrected chi connectivity index (χ3v) is 4.70. The zero-order valence-corrected chi connectivity index (χ0v) is 14.7. The average Bonchev–Trinajstić information content (AvgIpc) is 3.02. The van der Waals surface area contributed by atoms with Crippen LogP contribution in [0.25, 0.3) is 0 Å². The van der Waals surface area contributed by atoms with Gasteiger partial charge >= 0.3 is 0 Å². The van der Waals surface area contributed by atoms with Crippen LogP contribution in [0.3, 0.4) is 0 Å². The number of amides is 1. The topological polar surface area (TPSA) is 82.7 Å². The van der Waals surface area contributed by atoms with E-state index in [4.69, 9.17) is 0 Å². The van der Waals surface area contributed by atoms with E-state index in [0.29, 0.717) is 31.6 Å². The molecule has 3 aromatic rings. The van der Waals surface area contributed by atoms with E-state index >= 15 is 0 Å². The van der Waals surface area contributed by atoms with Gasteiger partial charge in [0.1, 0.15) is 17.3 Å². The Morgan fingerprint density at radius 2 is 2.07 bits per heavy atom. The maximum atomic E-state index is 13.2. The Bertz CT molecular complexity index is 923. The molecule has 3 N–H and O–H groups in total. The Balaban J connectivity index is 1.46. The number of carbonyl (C=O) groups is 1. The third kappa shape index (κ3) is 3.97. The van der Waals surface area contributed by atoms with E-state index in [2.05, 4.69) is 25.6 Å². The summed E-state index contributed by atoms with van der Waals surface area (Å²) in [6, 6.07) is 10.3. The van der Waals surface area contributed by atoms with Crippen LogP contribution in [-0.4, -0.2) is 33.9 Å². The quantitative estimate of drug-likeness (QED) is 0.649. The van der Waals surface area contributed by atoms with E-state index in [9.17, 15) is 9.18 Å². The first-order chi connectivity index (χ1) is 13.2. The number of nitrogens with zero attached hydrogens (tertiary/aromatic N) is 2. The molecule has 0 radical (unpaired) electrons. The van der Waals surface area contributed by atoms with Crippen LogP contribution in [-0.2, 0) is 12.8 Å². The minimum atomic E-state index is -0.262. The number of aromatic amines is 1. The van der Waals surface area contributed by atoms with E-state index in [1.165, 1.54) is 12.1 Å². The van der Waals surface area contributed by atoms with Crippen molar-refractivity contribution < 1.29 is 9.18 Å². The van der Waals surface area contributed by atoms with Crippen molar-refractivity contribution in [1.29, 1.82) is 0 Å². The number of imidazole rings is 1. The molecule has 7 heteroatoms. The van der Waals surface area contributed by atoms with Crippen molar-refractivity contribution in [3.05, 3.63) is 77.4 Å². The van der Waals surface area contributed by atoms with Crippen molar-refractivity contribution in [2.24, 2.45) is 0 Å². The van der Waals surface area contributed by atoms with E-state index in [-0.39, 0.29) is 17.6 Å². The number of aromatic nitrogens is 3. The molecule has 27 heavy (non-hydrogen) atoms. The minimum absolute atomic E-state index is 0.0811. The lowest BCUT2D eigenvalue weighted by Crippen LogP contribution is -2.26. The fourth-order valence-electron chi connectivity index (χ4n) is 3.30. The van der Waals surface area contributed by atoms with Crippen LogP contribution in [0.5, 0.6) is 0 Å². The lowest BCUT2D eigenvalue weighted by molar-refractivity contribution is 0.0950. The number of fused-ring (bicyclic) bond motifs is 1. The highest BCUT2D eigenvalue weighted by atomic mass is 19.1. The molecule has 0 bridgehead atoms. The molecule has 1 aliphatic rings. The van der Waals surface area contributed by atoms with Gasteiger partial charge in [-0.2, -0.15) is 0 Å². The van der Waals surface area contributed by atoms with Gasteiger partial charge in [-0.15, -0.1) is 0 Å². The predicted molar refractivity (Wildman–Crippen MR) is 100 cm³/mol. The summed E-state index contributed by atoms with van der Waals surface area (Å²) in [5, 5.41) is 6.20. The van der Waals surface area contributed by atoms with Gasteiger partial charge < -0.3 is 15.6 Å². The van der Waals surface area contributed by atoms with Gasteiger partial charge in [-0.05, 0) is 36.2 Å². The molecule has 1 amide bonds. The highest BCUT2D eigenvalue weighted by Crippen LogP contribution is 2.24. The predicted octanol–water partition coefficient (Wildman–Crippen LogP) is 2.67. The molecule has 1 aliphatic heterocycles. The second kappa shape index (κ2) is 7.57. The maximum Gasteiger partial charge on any atom is 0.271 e. The molecule has 0 saturated carbocycles. The number of nitrogens with one attached hydrogen (secondary N) is 3. The molecule has 1 aromatic carbocycles. The molecule has 3 heterocycles. The highest BCUT2D eigenvalue weighted by molar-refractivity contribution is 5.94. The lowest BCUT2D eigenvalue weighted by Gasteiger charge is -2.14. The molecule has 0 spiro atoms. The standard InChI is InChI=1S/C20H20FN5O/c21-15-5-3-13(4-6-15)14-10-17-19(20(27)24-11-14)26-18(25-17)7-9-23-16-2-1-8-22-12-16/h1-6,8,12,14,23H,7,9-11H2,(H,24,27)(H,25,26). The number of rotatable bonds is 5. The SMILES string of the molecule is O=C1NCC(c2ccc(F)cc2)Cc2[nH]c(CCNc3cccnc3)nc21. The third-order valence-electron chi connectivity index (χ3n) is 4.70. The first-order valence-electron chi connectivity index (χ1n) is 8.94. The minimum Gasteiger partial charge on any atom is -0.383 e. The van der Waals surface area contributed by atoms with Crippen molar-refractivity contribution in [2.45, 2.75) is 18.8 Å². The number of hydrogen-bond acceptors (Lipinski definition) is 4. The Morgan fingerprint density at radius 1 is 1.22 bits per heavy atom. The average molecular weight is 365 g/mol. The van der Waals surface area contributed by atoms with E-state index < -0.39 is 0 Å². The summed E-state index contributed by atoms with van der Waals surface area (Å²) < 4.78 is 13.2. The summed E-state index contributed by atoms with van der Waals surface area (Å²) in [6.45, 7) is 1.19. The fraction of sp³-hybridized carbons (Fsp3) is 0.250. The fourth-order valence-corrected chi connectivity index (χ4v) is 3.30. The van der Waals surface area contributed by atoms with E-state index in [1.54, 1.807) is 24.5 Å². The number of pyridine rings is 1. The summed E-state index contributed by atoms with van der Waals surface area (Å²) in [5.74, 6) is 0.420. The molecule has 2 aromatic heterocycles. The molecular formula is C20H20FN5O. The summed E-state index contributed by atoms with van der Waals surface area (Å²) in [7, 11) is 0. The molecule has 1 unspecified atom stereocenters. The van der Waals surface area contributed by atoms with Crippen molar-refractivity contribution in [1.82, 2.24) is 20.3 Å². The zero-order valence-electron chi connectivity index (χ0n) is 14.7. The number of hydrogen-bond donors (Lipinski definition) is 3. The monoisotopic (exact) mass is 365 g/mol. The van der Waals surface area contributed by atoms with Crippen LogP contribution in [0, 0.1) is 5.82 Å². The van der Waals surface area contributed by atoms with E-state index in [1.807, 2.05) is 12.1 Å². The van der Waals surface area contributed by atoms with Crippen LogP contribution in [0.2, 0.25) is 0 Å². The number of H-pyrrole nitrogens is 1. The first kappa shape index (κ1) is 17.2. The van der Waals surface area contributed by atoms with Gasteiger partial charge in [0.05, 0.1) is 5.69 Å².